The van der Waals surface area contributed by atoms with Crippen molar-refractivity contribution in [1.82, 2.24) is 9.88 Å². The van der Waals surface area contributed by atoms with Crippen molar-refractivity contribution in [1.29, 1.82) is 0 Å². The molecular weight excluding hydrogens is 536 g/mol. The quantitative estimate of drug-likeness (QED) is 0.236. The Morgan fingerprint density at radius 3 is 2.50 bits per heavy atom. The van der Waals surface area contributed by atoms with Gasteiger partial charge in [-0.3, -0.25) is 14.9 Å². The number of aliphatic hydroxyl groups is 1. The number of pyridine rings is 1. The van der Waals surface area contributed by atoms with Crippen LogP contribution < -0.4 is 10.9 Å². The van der Waals surface area contributed by atoms with E-state index in [-0.39, 0.29) is 35.6 Å². The van der Waals surface area contributed by atoms with Crippen LogP contribution in [-0.2, 0) is 25.5 Å². The summed E-state index contributed by atoms with van der Waals surface area (Å²) in [7, 11) is 0. The lowest BCUT2D eigenvalue weighted by molar-refractivity contribution is -0.230. The molecule has 0 aromatic carbocycles. The average molecular weight is 583 g/mol. The van der Waals surface area contributed by atoms with Crippen molar-refractivity contribution in [2.24, 2.45) is 11.3 Å². The maximum atomic E-state index is 13.2. The molecule has 3 rings (SSSR count). The molecule has 1 aromatic heterocycles. The maximum absolute atomic E-state index is 13.2. The van der Waals surface area contributed by atoms with Crippen LogP contribution in [0.25, 0.3) is 0 Å². The number of carbonyl (C=O) groups is 2. The van der Waals surface area contributed by atoms with Gasteiger partial charge in [-0.05, 0) is 32.6 Å². The summed E-state index contributed by atoms with van der Waals surface area (Å²) in [6, 6.07) is 1.16. The molecule has 0 bridgehead atoms. The van der Waals surface area contributed by atoms with Gasteiger partial charge < -0.3 is 23.9 Å². The summed E-state index contributed by atoms with van der Waals surface area (Å²) in [6.07, 6.45) is 10.9. The van der Waals surface area contributed by atoms with Gasteiger partial charge >= 0.3 is 11.9 Å². The third-order valence-corrected chi connectivity index (χ3v) is 8.87. The number of halogens is 1. The number of aromatic nitrogens is 1. The smallest absolute Gasteiger partial charge is 0.341 e. The molecule has 3 atom stereocenters. The van der Waals surface area contributed by atoms with Crippen LogP contribution in [0.2, 0.25) is 5.02 Å². The number of nitrogens with zero attached hydrogens (tertiary/aromatic N) is 1. The molecule has 1 aromatic rings. The molecule has 40 heavy (non-hydrogen) atoms. The van der Waals surface area contributed by atoms with Crippen LogP contribution in [0, 0.1) is 11.3 Å². The Bertz CT molecular complexity index is 1040. The molecule has 2 saturated heterocycles. The van der Waals surface area contributed by atoms with Crippen molar-refractivity contribution >= 4 is 23.5 Å². The number of piperidine rings is 1. The number of hydrogen-bond acceptors (Lipinski definition) is 8. The highest BCUT2D eigenvalue weighted by Gasteiger charge is 2.59. The standard InChI is InChI=1S/C30H47ClN2O7/c1-4-6-7-8-9-10-11-12-22(3)26(35)40-28-29(14-17-38-18-15-29)30(37,13-16-32-28)21-33-20-23(27(36)39-5-2)24(31)19-25(33)34/h19-20,22,28,32,37H,4-18,21H2,1-3H3. The van der Waals surface area contributed by atoms with Gasteiger partial charge in [0.05, 0.1) is 40.7 Å². The van der Waals surface area contributed by atoms with Gasteiger partial charge in [0, 0.05) is 32.0 Å². The molecule has 10 heteroatoms. The zero-order chi connectivity index (χ0) is 29.2. The molecule has 9 nitrogen and oxygen atoms in total. The number of hydrogen-bond donors (Lipinski definition) is 2. The van der Waals surface area contributed by atoms with E-state index in [9.17, 15) is 19.5 Å². The van der Waals surface area contributed by atoms with Gasteiger partial charge in [-0.25, -0.2) is 4.79 Å². The normalized spacial score (nSPS) is 23.1. The molecule has 0 radical (unpaired) electrons. The highest BCUT2D eigenvalue weighted by atomic mass is 35.5. The highest BCUT2D eigenvalue weighted by molar-refractivity contribution is 6.33. The van der Waals surface area contributed by atoms with Crippen LogP contribution in [0.1, 0.15) is 102 Å². The van der Waals surface area contributed by atoms with Gasteiger partial charge in [0.1, 0.15) is 0 Å². The van der Waals surface area contributed by atoms with Crippen LogP contribution in [0.5, 0.6) is 0 Å². The van der Waals surface area contributed by atoms with Crippen LogP contribution in [-0.4, -0.2) is 59.8 Å². The minimum absolute atomic E-state index is 0.000432. The van der Waals surface area contributed by atoms with E-state index in [4.69, 9.17) is 25.8 Å². The zero-order valence-electron chi connectivity index (χ0n) is 24.3. The van der Waals surface area contributed by atoms with E-state index in [2.05, 4.69) is 12.2 Å². The first kappa shape index (κ1) is 32.6. The van der Waals surface area contributed by atoms with E-state index in [1.54, 1.807) is 6.92 Å². The van der Waals surface area contributed by atoms with Crippen molar-refractivity contribution in [2.45, 2.75) is 110 Å². The third-order valence-electron chi connectivity index (χ3n) is 8.56. The van der Waals surface area contributed by atoms with E-state index in [0.29, 0.717) is 39.0 Å². The minimum atomic E-state index is -1.40. The molecule has 2 aliphatic heterocycles. The minimum Gasteiger partial charge on any atom is -0.462 e. The summed E-state index contributed by atoms with van der Waals surface area (Å²) in [4.78, 5) is 38.5. The Balaban J connectivity index is 1.75. The van der Waals surface area contributed by atoms with Gasteiger partial charge in [-0.15, -0.1) is 0 Å². The molecular formula is C30H47ClN2O7. The number of ether oxygens (including phenoxy) is 3. The molecule has 226 valence electrons. The van der Waals surface area contributed by atoms with E-state index < -0.39 is 28.8 Å². The topological polar surface area (TPSA) is 116 Å². The predicted octanol–water partition coefficient (Wildman–Crippen LogP) is 4.85. The third kappa shape index (κ3) is 7.87. The van der Waals surface area contributed by atoms with Gasteiger partial charge in [-0.2, -0.15) is 0 Å². The Labute approximate surface area is 242 Å². The average Bonchev–Trinajstić information content (AvgIpc) is 2.93. The number of esters is 2. The molecule has 0 saturated carbocycles. The van der Waals surface area contributed by atoms with Crippen LogP contribution >= 0.6 is 11.6 Å². The van der Waals surface area contributed by atoms with Crippen molar-refractivity contribution in [3.8, 4) is 0 Å². The number of nitrogens with one attached hydrogen (secondary N) is 1. The first-order chi connectivity index (χ1) is 19.2. The van der Waals surface area contributed by atoms with E-state index in [0.717, 1.165) is 25.3 Å². The van der Waals surface area contributed by atoms with Crippen LogP contribution in [0.4, 0.5) is 0 Å². The predicted molar refractivity (Wildman–Crippen MR) is 153 cm³/mol. The van der Waals surface area contributed by atoms with Gasteiger partial charge in [0.25, 0.3) is 5.56 Å². The largest absolute Gasteiger partial charge is 0.462 e. The summed E-state index contributed by atoms with van der Waals surface area (Å²) < 4.78 is 18.1. The fourth-order valence-electron chi connectivity index (χ4n) is 6.02. The SMILES string of the molecule is CCCCCCCCCC(C)C(=O)OC1NCCC(O)(Cn2cc(C(=O)OCC)c(Cl)cc2=O)C12CCOCC2. The summed E-state index contributed by atoms with van der Waals surface area (Å²) in [5, 5.41) is 15.5. The number of carbonyl (C=O) groups excluding carboxylic acids is 2. The Hall–Kier alpha value is -1.94. The fraction of sp³-hybridized carbons (Fsp3) is 0.767. The van der Waals surface area contributed by atoms with Crippen molar-refractivity contribution in [3.63, 3.8) is 0 Å². The molecule has 3 unspecified atom stereocenters. The lowest BCUT2D eigenvalue weighted by Crippen LogP contribution is -2.68. The molecule has 3 heterocycles. The monoisotopic (exact) mass is 582 g/mol. The van der Waals surface area contributed by atoms with Crippen molar-refractivity contribution in [3.05, 3.63) is 33.2 Å². The lowest BCUT2D eigenvalue weighted by atomic mass is 9.62. The van der Waals surface area contributed by atoms with Crippen molar-refractivity contribution in [2.75, 3.05) is 26.4 Å². The molecule has 2 aliphatic rings. The molecule has 1 spiro atoms. The molecule has 0 aliphatic carbocycles. The van der Waals surface area contributed by atoms with Crippen LogP contribution in [0.3, 0.4) is 0 Å². The second-order valence-corrected chi connectivity index (χ2v) is 11.8. The van der Waals surface area contributed by atoms with Gasteiger partial charge in [0.2, 0.25) is 0 Å². The summed E-state index contributed by atoms with van der Waals surface area (Å²) >= 11 is 6.17. The number of rotatable bonds is 14. The zero-order valence-corrected chi connectivity index (χ0v) is 25.1. The molecule has 0 amide bonds. The summed E-state index contributed by atoms with van der Waals surface area (Å²) in [6.45, 7) is 7.07. The second-order valence-electron chi connectivity index (χ2n) is 11.4. The summed E-state index contributed by atoms with van der Waals surface area (Å²) in [5.41, 5.74) is -2.66. The Morgan fingerprint density at radius 2 is 1.82 bits per heavy atom. The lowest BCUT2D eigenvalue weighted by Gasteiger charge is -2.56. The maximum Gasteiger partial charge on any atom is 0.341 e. The molecule has 2 N–H and O–H groups in total. The first-order valence-electron chi connectivity index (χ1n) is 15.0. The van der Waals surface area contributed by atoms with Crippen LogP contribution in [0.15, 0.2) is 17.1 Å². The summed E-state index contributed by atoms with van der Waals surface area (Å²) in [5.74, 6) is -1.18. The van der Waals surface area contributed by atoms with E-state index >= 15 is 0 Å². The highest BCUT2D eigenvalue weighted by Crippen LogP contribution is 2.49. The molecule has 2 fully saturated rings. The van der Waals surface area contributed by atoms with E-state index in [1.165, 1.54) is 42.9 Å². The van der Waals surface area contributed by atoms with Gasteiger partial charge in [-0.1, -0.05) is 70.4 Å². The Kier molecular flexibility index (Phi) is 12.5. The number of unbranched alkanes of at least 4 members (excludes halogenated alkanes) is 6. The second kappa shape index (κ2) is 15.3. The van der Waals surface area contributed by atoms with Crippen molar-refractivity contribution < 1.29 is 28.9 Å². The first-order valence-corrected chi connectivity index (χ1v) is 15.4. The fourth-order valence-corrected chi connectivity index (χ4v) is 6.24. The Morgan fingerprint density at radius 1 is 1.15 bits per heavy atom. The van der Waals surface area contributed by atoms with Gasteiger partial charge in [0.15, 0.2) is 6.23 Å². The van der Waals surface area contributed by atoms with E-state index in [1.807, 2.05) is 6.92 Å².